The summed E-state index contributed by atoms with van der Waals surface area (Å²) in [6.07, 6.45) is 3.61. The molecule has 69 heavy (non-hydrogen) atoms. The topological polar surface area (TPSA) is 69.6 Å². The summed E-state index contributed by atoms with van der Waals surface area (Å²) in [5, 5.41) is 9.24. The van der Waals surface area contributed by atoms with Crippen LogP contribution >= 0.6 is 0 Å². The van der Waals surface area contributed by atoms with Crippen molar-refractivity contribution in [2.24, 2.45) is 0 Å². The van der Waals surface area contributed by atoms with Crippen LogP contribution in [0.5, 0.6) is 0 Å². The number of hydrogen-bond acceptors (Lipinski definition) is 5. The minimum absolute atomic E-state index is 0.523. The molecule has 0 aliphatic rings. The lowest BCUT2D eigenvalue weighted by atomic mass is 9.99. The van der Waals surface area contributed by atoms with E-state index in [9.17, 15) is 0 Å². The predicted molar refractivity (Wildman–Crippen MR) is 285 cm³/mol. The van der Waals surface area contributed by atoms with Crippen molar-refractivity contribution in [2.45, 2.75) is 0 Å². The van der Waals surface area contributed by atoms with E-state index in [-0.39, 0.29) is 0 Å². The zero-order valence-corrected chi connectivity index (χ0v) is 38.3. The van der Waals surface area contributed by atoms with Crippen LogP contribution in [0.3, 0.4) is 0 Å². The summed E-state index contributed by atoms with van der Waals surface area (Å²) < 4.78 is 8.55. The minimum Gasteiger partial charge on any atom is -0.456 e. The molecule has 0 bridgehead atoms. The fourth-order valence-electron chi connectivity index (χ4n) is 10.4. The molecule has 0 saturated carbocycles. The van der Waals surface area contributed by atoms with E-state index in [1.165, 1.54) is 31.9 Å². The van der Waals surface area contributed by atoms with Gasteiger partial charge in [0.15, 0.2) is 19.7 Å². The molecule has 0 saturated heterocycles. The molecule has 0 N–H and O–H groups in total. The number of rotatable bonds is 9. The third kappa shape index (κ3) is 6.78. The van der Waals surface area contributed by atoms with E-state index in [0.29, 0.717) is 17.6 Å². The Kier molecular flexibility index (Phi) is 9.73. The smallest absolute Gasteiger partial charge is 0.238 e. The lowest BCUT2D eigenvalue weighted by molar-refractivity contribution is 0.668. The first-order chi connectivity index (χ1) is 34.2. The minimum atomic E-state index is -2.77. The maximum Gasteiger partial charge on any atom is 0.238 e. The molecule has 9 aromatic carbocycles. The van der Waals surface area contributed by atoms with E-state index in [0.717, 1.165) is 66.0 Å². The van der Waals surface area contributed by atoms with Crippen LogP contribution in [0.25, 0.3) is 94.7 Å². The highest BCUT2D eigenvalue weighted by Gasteiger charge is 2.41. The Labute approximate surface area is 399 Å². The molecule has 0 radical (unpaired) electrons. The number of pyridine rings is 1. The van der Waals surface area contributed by atoms with Crippen LogP contribution in [0.1, 0.15) is 0 Å². The van der Waals surface area contributed by atoms with Crippen molar-refractivity contribution in [1.29, 1.82) is 0 Å². The maximum absolute atomic E-state index is 6.37. The quantitative estimate of drug-likeness (QED) is 0.107. The van der Waals surface area contributed by atoms with Gasteiger partial charge >= 0.3 is 0 Å². The summed E-state index contributed by atoms with van der Waals surface area (Å²) in [7, 11) is -2.77. The number of fused-ring (bicyclic) bond motifs is 6. The third-order valence-corrected chi connectivity index (χ3v) is 18.4. The van der Waals surface area contributed by atoms with E-state index in [2.05, 4.69) is 228 Å². The fourth-order valence-corrected chi connectivity index (χ4v) is 15.1. The number of hydrogen-bond donors (Lipinski definition) is 0. The Morgan fingerprint density at radius 2 is 0.899 bits per heavy atom. The van der Waals surface area contributed by atoms with E-state index < -0.39 is 8.07 Å². The summed E-state index contributed by atoms with van der Waals surface area (Å²) in [5.74, 6) is 1.63. The van der Waals surface area contributed by atoms with Gasteiger partial charge in [0.2, 0.25) is 5.95 Å². The van der Waals surface area contributed by atoms with Crippen LogP contribution in [0.15, 0.2) is 253 Å². The molecule has 0 spiro atoms. The van der Waals surface area contributed by atoms with Crippen molar-refractivity contribution in [2.75, 3.05) is 0 Å². The lowest BCUT2D eigenvalue weighted by Crippen LogP contribution is -2.74. The summed E-state index contributed by atoms with van der Waals surface area (Å²) in [4.78, 5) is 20.6. The van der Waals surface area contributed by atoms with Crippen molar-refractivity contribution in [3.05, 3.63) is 249 Å². The largest absolute Gasteiger partial charge is 0.456 e. The fraction of sp³-hybridized carbons (Fsp3) is 0. The second-order valence-corrected chi connectivity index (χ2v) is 21.2. The Bertz CT molecular complexity index is 3890. The lowest BCUT2D eigenvalue weighted by Gasteiger charge is -2.34. The van der Waals surface area contributed by atoms with E-state index >= 15 is 0 Å². The molecule has 0 aliphatic heterocycles. The van der Waals surface area contributed by atoms with Crippen LogP contribution in [-0.2, 0) is 0 Å². The molecule has 0 unspecified atom stereocenters. The van der Waals surface area contributed by atoms with Gasteiger partial charge in [-0.05, 0) is 73.3 Å². The molecule has 13 rings (SSSR count). The molecular formula is C62H41N5OSi. The first-order valence-corrected chi connectivity index (χ1v) is 25.2. The van der Waals surface area contributed by atoms with Gasteiger partial charge in [0.1, 0.15) is 11.2 Å². The van der Waals surface area contributed by atoms with E-state index in [4.69, 9.17) is 19.4 Å². The van der Waals surface area contributed by atoms with Crippen LogP contribution in [0, 0.1) is 0 Å². The normalized spacial score (nSPS) is 11.8. The third-order valence-electron chi connectivity index (χ3n) is 13.6. The van der Waals surface area contributed by atoms with Gasteiger partial charge in [0.05, 0.1) is 11.0 Å². The van der Waals surface area contributed by atoms with Gasteiger partial charge in [-0.3, -0.25) is 9.55 Å². The molecule has 4 heterocycles. The van der Waals surface area contributed by atoms with Crippen molar-refractivity contribution in [3.8, 4) is 51.0 Å². The van der Waals surface area contributed by atoms with E-state index in [1.54, 1.807) is 6.20 Å². The molecular weight excluding hydrogens is 859 g/mol. The average Bonchev–Trinajstić information content (AvgIpc) is 3.98. The highest BCUT2D eigenvalue weighted by atomic mass is 28.3. The summed E-state index contributed by atoms with van der Waals surface area (Å²) >= 11 is 0. The van der Waals surface area contributed by atoms with Crippen molar-refractivity contribution < 1.29 is 4.42 Å². The van der Waals surface area contributed by atoms with Crippen molar-refractivity contribution in [3.63, 3.8) is 0 Å². The Balaban J connectivity index is 1.01. The molecule has 0 atom stereocenters. The first kappa shape index (κ1) is 40.2. The van der Waals surface area contributed by atoms with Gasteiger partial charge in [0.25, 0.3) is 0 Å². The van der Waals surface area contributed by atoms with Gasteiger partial charge in [-0.2, -0.15) is 9.97 Å². The van der Waals surface area contributed by atoms with Crippen LogP contribution in [0.4, 0.5) is 0 Å². The number of benzene rings is 9. The monoisotopic (exact) mass is 899 g/mol. The second kappa shape index (κ2) is 16.7. The summed E-state index contributed by atoms with van der Waals surface area (Å²) in [5.41, 5.74) is 9.90. The molecule has 13 aromatic rings. The van der Waals surface area contributed by atoms with Gasteiger partial charge in [-0.15, -0.1) is 0 Å². The molecule has 6 nitrogen and oxygen atoms in total. The first-order valence-electron chi connectivity index (χ1n) is 23.2. The Morgan fingerprint density at radius 3 is 1.58 bits per heavy atom. The molecule has 0 aliphatic carbocycles. The van der Waals surface area contributed by atoms with Crippen LogP contribution < -0.4 is 20.7 Å². The summed E-state index contributed by atoms with van der Waals surface area (Å²) in [6, 6.07) is 84.4. The zero-order chi connectivity index (χ0) is 45.7. The van der Waals surface area contributed by atoms with Crippen LogP contribution in [-0.4, -0.2) is 32.6 Å². The number of para-hydroxylation sites is 1. The SMILES string of the molecule is c1ccc(-c2ccc(-c3ccc4c(c3)c3ccccc3n4-c3nc(-c4ccc([Si](c5ccccc5)(c5ccccc5)c5ccccc5)cc4)nc(-c4cccc5oc6ccncc6c45)n3)cc2)cc1. The number of furan rings is 1. The molecule has 0 amide bonds. The van der Waals surface area contributed by atoms with Crippen LogP contribution in [0.2, 0.25) is 0 Å². The van der Waals surface area contributed by atoms with Gasteiger partial charge < -0.3 is 4.42 Å². The maximum atomic E-state index is 6.37. The highest BCUT2D eigenvalue weighted by Crippen LogP contribution is 2.38. The standard InChI is InChI=1S/C62H41N5OSi/c1-5-16-42(17-6-1)43-28-30-44(31-29-43)46-34-37-56-53(40-46)51-24-13-14-26-55(51)67(56)62-65-60(64-61(66-62)52-25-15-27-58-59(52)54-41-63-39-38-57(54)68-58)45-32-35-50(36-33-45)69(47-18-7-2-8-19-47,48-20-9-3-10-21-48)49-22-11-4-12-23-49/h1-41H. The molecule has 4 aromatic heterocycles. The van der Waals surface area contributed by atoms with E-state index in [1.807, 2.05) is 24.4 Å². The molecule has 0 fully saturated rings. The average molecular weight is 900 g/mol. The molecule has 7 heteroatoms. The van der Waals surface area contributed by atoms with Crippen molar-refractivity contribution in [1.82, 2.24) is 24.5 Å². The van der Waals surface area contributed by atoms with Gasteiger partial charge in [-0.1, -0.05) is 206 Å². The number of nitrogens with zero attached hydrogens (tertiary/aromatic N) is 5. The zero-order valence-electron chi connectivity index (χ0n) is 37.3. The highest BCUT2D eigenvalue weighted by molar-refractivity contribution is 7.19. The second-order valence-electron chi connectivity index (χ2n) is 17.4. The Hall–Kier alpha value is -9.04. The Morgan fingerprint density at radius 1 is 0.362 bits per heavy atom. The summed E-state index contributed by atoms with van der Waals surface area (Å²) in [6.45, 7) is 0. The van der Waals surface area contributed by atoms with Gasteiger partial charge in [-0.25, -0.2) is 4.98 Å². The molecule has 324 valence electrons. The van der Waals surface area contributed by atoms with Gasteiger partial charge in [0, 0.05) is 45.1 Å². The number of aromatic nitrogens is 5. The van der Waals surface area contributed by atoms with Crippen molar-refractivity contribution >= 4 is 72.6 Å². The predicted octanol–water partition coefficient (Wildman–Crippen LogP) is 12.3.